The highest BCUT2D eigenvalue weighted by molar-refractivity contribution is 5.94. The Morgan fingerprint density at radius 3 is 2.71 bits per heavy atom. The third kappa shape index (κ3) is 4.44. The molecule has 35 heavy (non-hydrogen) atoms. The summed E-state index contributed by atoms with van der Waals surface area (Å²) in [5.74, 6) is 0.261. The number of aliphatic hydroxyl groups is 1. The summed E-state index contributed by atoms with van der Waals surface area (Å²) in [5.41, 5.74) is 2.33. The largest absolute Gasteiger partial charge is 0.391 e. The normalized spacial score (nSPS) is 23.2. The van der Waals surface area contributed by atoms with Crippen LogP contribution in [0.4, 0.5) is 11.6 Å². The number of amides is 1. The summed E-state index contributed by atoms with van der Waals surface area (Å²) < 4.78 is 1.80. The number of hydrogen-bond donors (Lipinski definition) is 2. The van der Waals surface area contributed by atoms with E-state index in [0.29, 0.717) is 56.0 Å². The minimum atomic E-state index is -0.448. The smallest absolute Gasteiger partial charge is 0.253 e. The van der Waals surface area contributed by atoms with Crippen LogP contribution in [0.25, 0.3) is 11.3 Å². The van der Waals surface area contributed by atoms with Gasteiger partial charge in [0, 0.05) is 42.3 Å². The number of β-amino-alcohol motifs (C(OH)–C–C–N with tert-alkyl or cyclic N) is 1. The summed E-state index contributed by atoms with van der Waals surface area (Å²) in [4.78, 5) is 23.1. The molecule has 1 aliphatic heterocycles. The van der Waals surface area contributed by atoms with E-state index in [9.17, 15) is 15.2 Å². The molecule has 5 rings (SSSR count). The van der Waals surface area contributed by atoms with Gasteiger partial charge in [-0.3, -0.25) is 9.48 Å². The van der Waals surface area contributed by atoms with Crippen molar-refractivity contribution in [3.05, 3.63) is 54.5 Å². The highest BCUT2D eigenvalue weighted by atomic mass is 16.3. The Hall–Kier alpha value is -4.28. The number of anilines is 2. The second-order valence-electron chi connectivity index (χ2n) is 9.13. The molecule has 0 radical (unpaired) electrons. The van der Waals surface area contributed by atoms with Crippen LogP contribution in [-0.4, -0.2) is 54.9 Å². The van der Waals surface area contributed by atoms with Gasteiger partial charge >= 0.3 is 0 Å². The summed E-state index contributed by atoms with van der Waals surface area (Å²) >= 11 is 0. The first kappa shape index (κ1) is 22.5. The van der Waals surface area contributed by atoms with E-state index in [-0.39, 0.29) is 11.8 Å². The zero-order chi connectivity index (χ0) is 24.4. The number of aliphatic hydroxyl groups excluding tert-OH is 1. The van der Waals surface area contributed by atoms with Crippen molar-refractivity contribution in [2.45, 2.75) is 37.3 Å². The molecule has 2 aliphatic rings. The minimum absolute atomic E-state index is 0.0468. The van der Waals surface area contributed by atoms with Crippen molar-refractivity contribution in [1.82, 2.24) is 24.6 Å². The Bertz CT molecular complexity index is 1310. The van der Waals surface area contributed by atoms with Gasteiger partial charge in [-0.05, 0) is 49.6 Å². The lowest BCUT2D eigenvalue weighted by Gasteiger charge is -2.43. The topological polar surface area (TPSA) is 144 Å². The van der Waals surface area contributed by atoms with E-state index in [2.05, 4.69) is 32.5 Å². The average molecular weight is 469 g/mol. The van der Waals surface area contributed by atoms with Gasteiger partial charge in [-0.15, -0.1) is 0 Å². The second-order valence-corrected chi connectivity index (χ2v) is 9.13. The molecular formula is C25H24N8O2. The van der Waals surface area contributed by atoms with Gasteiger partial charge in [-0.25, -0.2) is 9.97 Å². The summed E-state index contributed by atoms with van der Waals surface area (Å²) in [6.07, 6.45) is 6.93. The van der Waals surface area contributed by atoms with Crippen LogP contribution in [0.2, 0.25) is 0 Å². The number of rotatable bonds is 6. The number of nitriles is 2. The van der Waals surface area contributed by atoms with Crippen molar-refractivity contribution >= 4 is 17.5 Å². The molecule has 2 aromatic heterocycles. The number of nitrogens with one attached hydrogen (secondary N) is 1. The monoisotopic (exact) mass is 468 g/mol. The molecule has 2 fully saturated rings. The quantitative estimate of drug-likeness (QED) is 0.562. The van der Waals surface area contributed by atoms with Crippen LogP contribution in [0.1, 0.15) is 36.0 Å². The molecular weight excluding hydrogens is 444 g/mol. The predicted molar refractivity (Wildman–Crippen MR) is 126 cm³/mol. The van der Waals surface area contributed by atoms with Gasteiger partial charge in [0.15, 0.2) is 0 Å². The SMILES string of the molecule is N#CCC1(n2cc(-c3ccnc(Nc4ccc(C(=O)N5CC[C@@H](O)C5)cc4)n3)cn2)CC(C#N)C1. The van der Waals surface area contributed by atoms with Gasteiger partial charge in [-0.2, -0.15) is 15.6 Å². The Morgan fingerprint density at radius 1 is 1.23 bits per heavy atom. The number of aromatic nitrogens is 4. The van der Waals surface area contributed by atoms with Crippen LogP contribution >= 0.6 is 0 Å². The lowest BCUT2D eigenvalue weighted by Crippen LogP contribution is -2.46. The molecule has 2 N–H and O–H groups in total. The van der Waals surface area contributed by atoms with Gasteiger partial charge in [0.1, 0.15) is 0 Å². The number of carbonyl (C=O) groups excluding carboxylic acids is 1. The van der Waals surface area contributed by atoms with Crippen LogP contribution in [0.3, 0.4) is 0 Å². The van der Waals surface area contributed by atoms with Crippen molar-refractivity contribution in [3.63, 3.8) is 0 Å². The zero-order valence-electron chi connectivity index (χ0n) is 19.0. The first-order valence-corrected chi connectivity index (χ1v) is 11.5. The van der Waals surface area contributed by atoms with Crippen LogP contribution in [0.15, 0.2) is 48.9 Å². The number of likely N-dealkylation sites (tertiary alicyclic amines) is 1. The van der Waals surface area contributed by atoms with Crippen molar-refractivity contribution in [3.8, 4) is 23.4 Å². The summed E-state index contributed by atoms with van der Waals surface area (Å²) in [7, 11) is 0. The van der Waals surface area contributed by atoms with Gasteiger partial charge < -0.3 is 15.3 Å². The second kappa shape index (κ2) is 9.16. The predicted octanol–water partition coefficient (Wildman–Crippen LogP) is 2.83. The van der Waals surface area contributed by atoms with Crippen molar-refractivity contribution in [1.29, 1.82) is 10.5 Å². The fourth-order valence-electron chi connectivity index (χ4n) is 4.74. The Labute approximate surface area is 202 Å². The van der Waals surface area contributed by atoms with E-state index in [1.807, 2.05) is 6.20 Å². The van der Waals surface area contributed by atoms with E-state index in [1.165, 1.54) is 0 Å². The van der Waals surface area contributed by atoms with E-state index >= 15 is 0 Å². The van der Waals surface area contributed by atoms with Gasteiger partial charge in [0.25, 0.3) is 5.91 Å². The fraction of sp³-hybridized carbons (Fsp3) is 0.360. The van der Waals surface area contributed by atoms with E-state index in [0.717, 1.165) is 11.3 Å². The Kier molecular flexibility index (Phi) is 5.89. The molecule has 176 valence electrons. The lowest BCUT2D eigenvalue weighted by atomic mass is 9.67. The molecule has 1 amide bonds. The molecule has 0 spiro atoms. The van der Waals surface area contributed by atoms with Crippen LogP contribution < -0.4 is 5.32 Å². The number of carbonyl (C=O) groups is 1. The van der Waals surface area contributed by atoms with Crippen LogP contribution in [-0.2, 0) is 5.54 Å². The van der Waals surface area contributed by atoms with Gasteiger partial charge in [0.2, 0.25) is 5.95 Å². The van der Waals surface area contributed by atoms with Crippen LogP contribution in [0.5, 0.6) is 0 Å². The Morgan fingerprint density at radius 2 is 2.03 bits per heavy atom. The molecule has 1 saturated heterocycles. The number of hydrogen-bond acceptors (Lipinski definition) is 8. The molecule has 3 heterocycles. The maximum Gasteiger partial charge on any atom is 0.253 e. The highest BCUT2D eigenvalue weighted by Crippen LogP contribution is 2.46. The number of nitrogens with zero attached hydrogens (tertiary/aromatic N) is 7. The zero-order valence-corrected chi connectivity index (χ0v) is 19.0. The summed E-state index contributed by atoms with van der Waals surface area (Å²) in [5, 5.41) is 35.7. The standard InChI is InChI=1S/C25H24N8O2/c26-8-7-25(11-17(12-25)13-27)33-15-19(14-29-33)22-5-9-28-24(31-22)30-20-3-1-18(2-4-20)23(35)32-10-6-21(34)16-32/h1-5,9,14-15,17,21,34H,6-7,10-12,16H2,(H,28,30,31)/t17?,21-,25?/m1/s1. The van der Waals surface area contributed by atoms with Gasteiger partial charge in [-0.1, -0.05) is 0 Å². The molecule has 1 aliphatic carbocycles. The third-order valence-corrected chi connectivity index (χ3v) is 6.70. The van der Waals surface area contributed by atoms with E-state index in [4.69, 9.17) is 5.26 Å². The van der Waals surface area contributed by atoms with Crippen molar-refractivity contribution < 1.29 is 9.90 Å². The molecule has 1 atom stereocenters. The number of benzene rings is 1. The molecule has 3 aromatic rings. The van der Waals surface area contributed by atoms with Crippen molar-refractivity contribution in [2.75, 3.05) is 18.4 Å². The fourth-order valence-corrected chi connectivity index (χ4v) is 4.74. The molecule has 10 heteroatoms. The summed E-state index contributed by atoms with van der Waals surface area (Å²) in [6.45, 7) is 0.931. The molecule has 0 bridgehead atoms. The third-order valence-electron chi connectivity index (χ3n) is 6.70. The van der Waals surface area contributed by atoms with E-state index in [1.54, 1.807) is 52.3 Å². The van der Waals surface area contributed by atoms with E-state index < -0.39 is 11.6 Å². The molecule has 0 unspecified atom stereocenters. The molecule has 1 aromatic carbocycles. The maximum atomic E-state index is 12.6. The van der Waals surface area contributed by atoms with Crippen molar-refractivity contribution in [2.24, 2.45) is 5.92 Å². The lowest BCUT2D eigenvalue weighted by molar-refractivity contribution is 0.0765. The van der Waals surface area contributed by atoms with Gasteiger partial charge in [0.05, 0.1) is 48.0 Å². The average Bonchev–Trinajstić information content (AvgIpc) is 3.51. The van der Waals surface area contributed by atoms with Crippen LogP contribution in [0, 0.1) is 28.6 Å². The first-order valence-electron chi connectivity index (χ1n) is 11.5. The molecule has 10 nitrogen and oxygen atoms in total. The Balaban J connectivity index is 1.28. The maximum absolute atomic E-state index is 12.6. The first-order chi connectivity index (χ1) is 17.0. The molecule has 1 saturated carbocycles. The highest BCUT2D eigenvalue weighted by Gasteiger charge is 2.46. The summed E-state index contributed by atoms with van der Waals surface area (Å²) in [6, 6.07) is 13.4. The minimum Gasteiger partial charge on any atom is -0.391 e.